The van der Waals surface area contributed by atoms with E-state index in [1.807, 2.05) is 13.0 Å². The summed E-state index contributed by atoms with van der Waals surface area (Å²) in [6, 6.07) is 1.82. The molecule has 134 valence electrons. The van der Waals surface area contributed by atoms with Gasteiger partial charge in [-0.05, 0) is 32.3 Å². The molecule has 2 fully saturated rings. The van der Waals surface area contributed by atoms with E-state index >= 15 is 0 Å². The highest BCUT2D eigenvalue weighted by atomic mass is 16.7. The molecule has 2 unspecified atom stereocenters. The Morgan fingerprint density at radius 3 is 3.00 bits per heavy atom. The van der Waals surface area contributed by atoms with E-state index in [0.717, 1.165) is 23.9 Å². The zero-order valence-corrected chi connectivity index (χ0v) is 14.1. The van der Waals surface area contributed by atoms with E-state index in [4.69, 9.17) is 18.7 Å². The number of carbonyl (C=O) groups is 1. The summed E-state index contributed by atoms with van der Waals surface area (Å²) >= 11 is 0. The number of fused-ring (bicyclic) bond motifs is 1. The third-order valence-corrected chi connectivity index (χ3v) is 4.58. The Bertz CT molecular complexity index is 756. The van der Waals surface area contributed by atoms with Crippen LogP contribution in [0.4, 0.5) is 5.69 Å². The predicted molar refractivity (Wildman–Crippen MR) is 88.0 cm³/mol. The Morgan fingerprint density at radius 1 is 1.32 bits per heavy atom. The van der Waals surface area contributed by atoms with Crippen LogP contribution < -0.4 is 5.32 Å². The second-order valence-corrected chi connectivity index (χ2v) is 6.42. The molecule has 2 aromatic heterocycles. The van der Waals surface area contributed by atoms with Gasteiger partial charge in [-0.2, -0.15) is 0 Å². The van der Waals surface area contributed by atoms with Gasteiger partial charge >= 0.3 is 0 Å². The first-order valence-corrected chi connectivity index (χ1v) is 8.59. The van der Waals surface area contributed by atoms with E-state index < -0.39 is 0 Å². The average Bonchev–Trinajstić information content (AvgIpc) is 3.34. The molecule has 0 aromatic carbocycles. The van der Waals surface area contributed by atoms with E-state index in [0.29, 0.717) is 37.5 Å². The third kappa shape index (κ3) is 3.65. The number of nitrogens with one attached hydrogen (secondary N) is 1. The van der Waals surface area contributed by atoms with Gasteiger partial charge < -0.3 is 24.1 Å². The molecule has 4 rings (SSSR count). The summed E-state index contributed by atoms with van der Waals surface area (Å²) in [6.45, 7) is 3.09. The fourth-order valence-electron chi connectivity index (χ4n) is 3.27. The molecule has 4 heterocycles. The van der Waals surface area contributed by atoms with Crippen LogP contribution in [0.5, 0.6) is 0 Å². The van der Waals surface area contributed by atoms with Crippen LogP contribution in [-0.4, -0.2) is 47.8 Å². The number of aryl methyl sites for hydroxylation is 1. The summed E-state index contributed by atoms with van der Waals surface area (Å²) in [6.07, 6.45) is 4.29. The fraction of sp³-hybridized carbons (Fsp3) is 0.588. The molecule has 0 bridgehead atoms. The van der Waals surface area contributed by atoms with Crippen LogP contribution in [0, 0.1) is 6.92 Å². The SMILES string of the molecule is Cc1noc2ncc(NC(=O)CCC3CCC(C4OCCO4)O3)cc12. The van der Waals surface area contributed by atoms with Gasteiger partial charge in [-0.1, -0.05) is 5.16 Å². The maximum atomic E-state index is 12.2. The Kier molecular flexibility index (Phi) is 4.65. The van der Waals surface area contributed by atoms with Gasteiger partial charge in [0, 0.05) is 6.42 Å². The summed E-state index contributed by atoms with van der Waals surface area (Å²) in [5.74, 6) is -0.0596. The zero-order valence-electron chi connectivity index (χ0n) is 14.1. The van der Waals surface area contributed by atoms with Gasteiger partial charge in [-0.3, -0.25) is 4.79 Å². The van der Waals surface area contributed by atoms with Crippen molar-refractivity contribution in [3.63, 3.8) is 0 Å². The molecular weight excluding hydrogens is 326 g/mol. The van der Waals surface area contributed by atoms with E-state index in [-0.39, 0.29) is 24.4 Å². The van der Waals surface area contributed by atoms with Gasteiger partial charge in [-0.25, -0.2) is 4.98 Å². The van der Waals surface area contributed by atoms with Gasteiger partial charge in [0.2, 0.25) is 5.91 Å². The standard InChI is InChI=1S/C17H21N3O5/c1-10-13-8-11(9-18-16(13)25-20-10)19-15(21)5-3-12-2-4-14(24-12)17-22-6-7-23-17/h8-9,12,14,17H,2-7H2,1H3,(H,19,21). The van der Waals surface area contributed by atoms with Crippen LogP contribution in [0.25, 0.3) is 11.1 Å². The third-order valence-electron chi connectivity index (χ3n) is 4.58. The highest BCUT2D eigenvalue weighted by molar-refractivity contribution is 5.92. The molecule has 2 saturated heterocycles. The number of hydrogen-bond acceptors (Lipinski definition) is 7. The van der Waals surface area contributed by atoms with Crippen LogP contribution in [0.1, 0.15) is 31.4 Å². The average molecular weight is 347 g/mol. The molecular formula is C17H21N3O5. The van der Waals surface area contributed by atoms with Crippen LogP contribution in [0.2, 0.25) is 0 Å². The van der Waals surface area contributed by atoms with Gasteiger partial charge in [0.05, 0.1) is 42.3 Å². The lowest BCUT2D eigenvalue weighted by Gasteiger charge is -2.18. The van der Waals surface area contributed by atoms with E-state index in [2.05, 4.69) is 15.5 Å². The zero-order chi connectivity index (χ0) is 17.2. The Balaban J connectivity index is 1.26. The Morgan fingerprint density at radius 2 is 2.16 bits per heavy atom. The molecule has 1 N–H and O–H groups in total. The van der Waals surface area contributed by atoms with Crippen molar-refractivity contribution in [3.8, 4) is 0 Å². The Labute approximate surface area is 144 Å². The van der Waals surface area contributed by atoms with Crippen molar-refractivity contribution in [2.45, 2.75) is 51.1 Å². The summed E-state index contributed by atoms with van der Waals surface area (Å²) in [5, 5.41) is 7.52. The highest BCUT2D eigenvalue weighted by Crippen LogP contribution is 2.28. The smallest absolute Gasteiger partial charge is 0.258 e. The van der Waals surface area contributed by atoms with Crippen molar-refractivity contribution in [3.05, 3.63) is 18.0 Å². The quantitative estimate of drug-likeness (QED) is 0.885. The second kappa shape index (κ2) is 7.07. The van der Waals surface area contributed by atoms with E-state index in [9.17, 15) is 4.79 Å². The van der Waals surface area contributed by atoms with Crippen molar-refractivity contribution < 1.29 is 23.5 Å². The van der Waals surface area contributed by atoms with E-state index in [1.54, 1.807) is 6.20 Å². The lowest BCUT2D eigenvalue weighted by Crippen LogP contribution is -2.27. The highest BCUT2D eigenvalue weighted by Gasteiger charge is 2.35. The van der Waals surface area contributed by atoms with Crippen molar-refractivity contribution in [2.24, 2.45) is 0 Å². The number of ether oxygens (including phenoxy) is 3. The topological polar surface area (TPSA) is 95.7 Å². The molecule has 1 amide bonds. The van der Waals surface area contributed by atoms with Crippen molar-refractivity contribution in [1.29, 1.82) is 0 Å². The second-order valence-electron chi connectivity index (χ2n) is 6.42. The van der Waals surface area contributed by atoms with Crippen molar-refractivity contribution in [2.75, 3.05) is 18.5 Å². The van der Waals surface area contributed by atoms with Crippen molar-refractivity contribution >= 4 is 22.7 Å². The molecule has 8 heteroatoms. The first-order valence-electron chi connectivity index (χ1n) is 8.59. The summed E-state index contributed by atoms with van der Waals surface area (Å²) in [4.78, 5) is 16.3. The number of pyridine rings is 1. The number of aromatic nitrogens is 2. The van der Waals surface area contributed by atoms with Crippen LogP contribution in [0.15, 0.2) is 16.8 Å². The van der Waals surface area contributed by atoms with Gasteiger partial charge in [-0.15, -0.1) is 0 Å². The van der Waals surface area contributed by atoms with Gasteiger partial charge in [0.25, 0.3) is 5.71 Å². The predicted octanol–water partition coefficient (Wildman–Crippen LogP) is 2.17. The molecule has 2 aromatic rings. The number of nitrogens with zero attached hydrogens (tertiary/aromatic N) is 2. The number of carbonyl (C=O) groups excluding carboxylic acids is 1. The lowest BCUT2D eigenvalue weighted by molar-refractivity contribution is -0.139. The summed E-state index contributed by atoms with van der Waals surface area (Å²) in [7, 11) is 0. The first kappa shape index (κ1) is 16.4. The summed E-state index contributed by atoms with van der Waals surface area (Å²) in [5.41, 5.74) is 1.86. The minimum atomic E-state index is -0.247. The number of amides is 1. The Hall–Kier alpha value is -2.03. The van der Waals surface area contributed by atoms with E-state index in [1.165, 1.54) is 0 Å². The fourth-order valence-corrected chi connectivity index (χ4v) is 3.27. The minimum Gasteiger partial charge on any atom is -0.370 e. The monoisotopic (exact) mass is 347 g/mol. The molecule has 25 heavy (non-hydrogen) atoms. The van der Waals surface area contributed by atoms with Crippen LogP contribution in [0.3, 0.4) is 0 Å². The van der Waals surface area contributed by atoms with Crippen molar-refractivity contribution in [1.82, 2.24) is 10.1 Å². The largest absolute Gasteiger partial charge is 0.370 e. The molecule has 0 spiro atoms. The molecule has 0 radical (unpaired) electrons. The molecule has 8 nitrogen and oxygen atoms in total. The molecule has 0 saturated carbocycles. The summed E-state index contributed by atoms with van der Waals surface area (Å²) < 4.78 is 22.0. The number of anilines is 1. The van der Waals surface area contributed by atoms with Gasteiger partial charge in [0.1, 0.15) is 6.10 Å². The van der Waals surface area contributed by atoms with Gasteiger partial charge in [0.15, 0.2) is 6.29 Å². The van der Waals surface area contributed by atoms with Crippen LogP contribution in [-0.2, 0) is 19.0 Å². The molecule has 2 aliphatic heterocycles. The van der Waals surface area contributed by atoms with Crippen LogP contribution >= 0.6 is 0 Å². The maximum Gasteiger partial charge on any atom is 0.258 e. The maximum absolute atomic E-state index is 12.2. The molecule has 2 atom stereocenters. The number of hydrogen-bond donors (Lipinski definition) is 1. The minimum absolute atomic E-state index is 0.0151. The molecule has 0 aliphatic carbocycles. The first-order chi connectivity index (χ1) is 12.2. The molecule has 2 aliphatic rings. The normalized spacial score (nSPS) is 24.2. The lowest BCUT2D eigenvalue weighted by atomic mass is 10.1. The number of rotatable bonds is 5.